The summed E-state index contributed by atoms with van der Waals surface area (Å²) in [5.74, 6) is -1.10. The molecule has 6 rings (SSSR count). The van der Waals surface area contributed by atoms with Gasteiger partial charge < -0.3 is 39.5 Å². The van der Waals surface area contributed by atoms with Gasteiger partial charge in [-0.15, -0.1) is 6.58 Å². The molecular formula is C46H59N3O8. The lowest BCUT2D eigenvalue weighted by atomic mass is 9.55. The summed E-state index contributed by atoms with van der Waals surface area (Å²) in [7, 11) is 0. The van der Waals surface area contributed by atoms with Gasteiger partial charge in [0.05, 0.1) is 18.2 Å². The van der Waals surface area contributed by atoms with Gasteiger partial charge in [0.2, 0.25) is 5.79 Å². The molecule has 11 nitrogen and oxygen atoms in total. The molecule has 2 amide bonds. The summed E-state index contributed by atoms with van der Waals surface area (Å²) in [6.45, 7) is 11.4. The molecule has 3 aliphatic rings. The summed E-state index contributed by atoms with van der Waals surface area (Å²) < 4.78 is 20.1. The van der Waals surface area contributed by atoms with Crippen molar-refractivity contribution in [2.75, 3.05) is 39.5 Å². The molecule has 3 aromatic carbocycles. The van der Waals surface area contributed by atoms with E-state index >= 15 is 4.79 Å². The number of fused-ring (bicyclic) bond motifs is 3. The molecule has 0 aromatic heterocycles. The molecule has 3 N–H and O–H groups in total. The van der Waals surface area contributed by atoms with E-state index in [0.717, 1.165) is 53.3 Å². The smallest absolute Gasteiger partial charge is 0.412 e. The Morgan fingerprint density at radius 3 is 2.49 bits per heavy atom. The van der Waals surface area contributed by atoms with Crippen LogP contribution in [0.5, 0.6) is 11.5 Å². The Hall–Kier alpha value is -4.71. The van der Waals surface area contributed by atoms with E-state index in [1.54, 1.807) is 12.1 Å². The minimum atomic E-state index is -1.38. The summed E-state index contributed by atoms with van der Waals surface area (Å²) in [5, 5.41) is 29.2. The zero-order valence-corrected chi connectivity index (χ0v) is 33.7. The molecule has 2 aliphatic carbocycles. The lowest BCUT2D eigenvalue weighted by Gasteiger charge is -2.60. The number of aliphatic hydroxyl groups excluding tert-OH is 2. The Bertz CT molecular complexity index is 1930. The Labute approximate surface area is 336 Å². The number of amides is 2. The lowest BCUT2D eigenvalue weighted by molar-refractivity contribution is -0.254. The number of benzene rings is 3. The van der Waals surface area contributed by atoms with Crippen molar-refractivity contribution in [2.45, 2.75) is 89.9 Å². The number of hydrogen-bond donors (Lipinski definition) is 3. The van der Waals surface area contributed by atoms with Gasteiger partial charge in [-0.05, 0) is 104 Å². The van der Waals surface area contributed by atoms with E-state index in [2.05, 4.69) is 24.9 Å². The van der Waals surface area contributed by atoms with Crippen LogP contribution in [0.25, 0.3) is 10.8 Å². The highest BCUT2D eigenvalue weighted by Crippen LogP contribution is 2.62. The molecule has 6 atom stereocenters. The quantitative estimate of drug-likeness (QED) is 0.0630. The highest BCUT2D eigenvalue weighted by molar-refractivity contribution is 6.04. The maximum absolute atomic E-state index is 15.0. The number of carbonyl (C=O) groups excluding carboxylic acids is 2. The third kappa shape index (κ3) is 8.91. The molecule has 11 heteroatoms. The van der Waals surface area contributed by atoms with Gasteiger partial charge in [-0.2, -0.15) is 0 Å². The zero-order valence-electron chi connectivity index (χ0n) is 33.7. The second kappa shape index (κ2) is 19.6. The molecular weight excluding hydrogens is 723 g/mol. The first-order valence-electron chi connectivity index (χ1n) is 20.8. The van der Waals surface area contributed by atoms with E-state index in [4.69, 9.17) is 24.2 Å². The van der Waals surface area contributed by atoms with Gasteiger partial charge in [0, 0.05) is 49.8 Å². The third-order valence-corrected chi connectivity index (χ3v) is 11.6. The van der Waals surface area contributed by atoms with Crippen molar-refractivity contribution >= 4 is 28.5 Å². The van der Waals surface area contributed by atoms with Gasteiger partial charge in [-0.25, -0.2) is 4.79 Å². The Morgan fingerprint density at radius 1 is 1.00 bits per heavy atom. The van der Waals surface area contributed by atoms with Gasteiger partial charge in [0.15, 0.2) is 0 Å². The van der Waals surface area contributed by atoms with E-state index in [1.165, 1.54) is 0 Å². The molecule has 3 aromatic rings. The number of allylic oxidation sites excluding steroid dienone is 1. The summed E-state index contributed by atoms with van der Waals surface area (Å²) in [5.41, 5.74) is 3.15. The van der Waals surface area contributed by atoms with E-state index in [0.29, 0.717) is 62.4 Å². The predicted molar refractivity (Wildman–Crippen MR) is 222 cm³/mol. The Morgan fingerprint density at radius 2 is 1.77 bits per heavy atom. The Kier molecular flexibility index (Phi) is 14.4. The fourth-order valence-electron chi connectivity index (χ4n) is 9.27. The minimum absolute atomic E-state index is 0.0426. The summed E-state index contributed by atoms with van der Waals surface area (Å²) >= 11 is 0. The molecule has 6 unspecified atom stereocenters. The number of aliphatic hydroxyl groups is 2. The van der Waals surface area contributed by atoms with Crippen molar-refractivity contribution < 1.29 is 38.9 Å². The van der Waals surface area contributed by atoms with Gasteiger partial charge in [0.25, 0.3) is 5.91 Å². The van der Waals surface area contributed by atoms with Crippen LogP contribution in [0.2, 0.25) is 0 Å². The van der Waals surface area contributed by atoms with Crippen LogP contribution < -0.4 is 14.8 Å². The van der Waals surface area contributed by atoms with Crippen molar-refractivity contribution in [3.63, 3.8) is 0 Å². The van der Waals surface area contributed by atoms with Gasteiger partial charge in [0.1, 0.15) is 24.1 Å². The normalized spacial score (nSPS) is 24.1. The molecule has 306 valence electrons. The molecule has 0 bridgehead atoms. The Balaban J connectivity index is 1.59. The van der Waals surface area contributed by atoms with Crippen molar-refractivity contribution in [2.24, 2.45) is 22.9 Å². The van der Waals surface area contributed by atoms with E-state index in [9.17, 15) is 15.0 Å². The number of nitrogens with one attached hydrogen (secondary N) is 1. The van der Waals surface area contributed by atoms with Crippen LogP contribution in [0.1, 0.15) is 94.0 Å². The summed E-state index contributed by atoms with van der Waals surface area (Å²) in [6.07, 6.45) is 9.07. The van der Waals surface area contributed by atoms with Crippen LogP contribution in [0, 0.1) is 17.8 Å². The monoisotopic (exact) mass is 781 g/mol. The van der Waals surface area contributed by atoms with E-state index in [1.807, 2.05) is 73.3 Å². The van der Waals surface area contributed by atoms with Crippen LogP contribution in [-0.2, 0) is 9.57 Å². The maximum Gasteiger partial charge on any atom is 0.412 e. The number of hydrogen-bond acceptors (Lipinski definition) is 9. The summed E-state index contributed by atoms with van der Waals surface area (Å²) in [4.78, 5) is 35.5. The van der Waals surface area contributed by atoms with Crippen molar-refractivity contribution in [1.29, 1.82) is 0 Å². The van der Waals surface area contributed by atoms with Crippen molar-refractivity contribution in [3.05, 3.63) is 96.1 Å². The molecule has 0 spiro atoms. The molecule has 1 fully saturated rings. The third-order valence-electron chi connectivity index (χ3n) is 11.6. The van der Waals surface area contributed by atoms with Crippen LogP contribution in [0.3, 0.4) is 0 Å². The first kappa shape index (κ1) is 41.9. The number of ether oxygens (including phenoxy) is 3. The van der Waals surface area contributed by atoms with E-state index in [-0.39, 0.29) is 43.5 Å². The number of carbonyl (C=O) groups is 2. The van der Waals surface area contributed by atoms with Crippen molar-refractivity contribution in [3.8, 4) is 11.5 Å². The maximum atomic E-state index is 15.0. The van der Waals surface area contributed by atoms with Crippen LogP contribution in [0.15, 0.2) is 90.1 Å². The highest BCUT2D eigenvalue weighted by atomic mass is 16.7. The number of oxime groups is 1. The molecule has 1 heterocycles. The second-order valence-corrected chi connectivity index (χ2v) is 15.2. The van der Waals surface area contributed by atoms with Gasteiger partial charge >= 0.3 is 6.09 Å². The lowest BCUT2D eigenvalue weighted by Crippen LogP contribution is -2.70. The molecule has 0 radical (unpaired) electrons. The van der Waals surface area contributed by atoms with Crippen LogP contribution in [-0.4, -0.2) is 84.2 Å². The molecule has 1 aliphatic heterocycles. The highest BCUT2D eigenvalue weighted by Gasteiger charge is 2.65. The number of rotatable bonds is 19. The van der Waals surface area contributed by atoms with E-state index < -0.39 is 23.8 Å². The molecule has 1 saturated carbocycles. The topological polar surface area (TPSA) is 139 Å². The first-order chi connectivity index (χ1) is 27.8. The summed E-state index contributed by atoms with van der Waals surface area (Å²) in [6, 6.07) is 18.7. The SMILES string of the molecule is C=CCOC12Oc3ccc(OC(=O)NCC)cc3C3C(CCCCO)C(CCCCO)C=C(C(=NOCC)CC1N(CCC)C(=O)c1ccc4ccccc4c1)C32. The second-order valence-electron chi connectivity index (χ2n) is 15.2. The number of unbranched alkanes of at least 4 members (excludes halogenated alkanes) is 2. The first-order valence-corrected chi connectivity index (χ1v) is 20.8. The van der Waals surface area contributed by atoms with Crippen LogP contribution >= 0.6 is 0 Å². The average Bonchev–Trinajstić information content (AvgIpc) is 3.22. The largest absolute Gasteiger partial charge is 0.459 e. The zero-order chi connectivity index (χ0) is 40.4. The fraction of sp³-hybridized carbons (Fsp3) is 0.500. The molecule has 57 heavy (non-hydrogen) atoms. The standard InChI is InChI=1S/C46H59N3O8/c1-5-23-49(44(52)34-20-19-31-15-9-10-16-32(31)27-34)41-30-39(48-55-8-4)37-28-33(17-11-13-24-50)36(18-12-14-25-51)42-38-29-35(56-45(53)47-7-3)21-22-40(38)57-46(41,43(37)42)54-26-6-2/h6,9-10,15-16,19-22,27-29,33,36,41-43,50-51H,2,5,7-8,11-14,17-18,23-26,30H2,1,3-4H3,(H,47,53). The average molecular weight is 782 g/mol. The minimum Gasteiger partial charge on any atom is -0.459 e. The van der Waals surface area contributed by atoms with Crippen molar-refractivity contribution in [1.82, 2.24) is 10.2 Å². The predicted octanol–water partition coefficient (Wildman–Crippen LogP) is 8.15. The number of nitrogens with zero attached hydrogens (tertiary/aromatic N) is 2. The fourth-order valence-corrected chi connectivity index (χ4v) is 9.27. The van der Waals surface area contributed by atoms with Gasteiger partial charge in [-0.3, -0.25) is 4.79 Å². The molecule has 0 saturated heterocycles. The van der Waals surface area contributed by atoms with Crippen LogP contribution in [0.4, 0.5) is 4.79 Å². The van der Waals surface area contributed by atoms with Gasteiger partial charge in [-0.1, -0.05) is 67.4 Å².